The van der Waals surface area contributed by atoms with Crippen molar-refractivity contribution in [2.75, 3.05) is 58.2 Å². The molecule has 1 amide bonds. The monoisotopic (exact) mass is 292 g/mol. The van der Waals surface area contributed by atoms with Gasteiger partial charge in [0.2, 0.25) is 5.91 Å². The number of benzene rings is 1. The largest absolute Gasteiger partial charge is 0.492 e. The minimum Gasteiger partial charge on any atom is -0.492 e. The van der Waals surface area contributed by atoms with Crippen molar-refractivity contribution in [3.8, 4) is 5.75 Å². The van der Waals surface area contributed by atoms with E-state index in [0.717, 1.165) is 44.2 Å². The second kappa shape index (κ2) is 7.97. The van der Waals surface area contributed by atoms with Gasteiger partial charge in [0.05, 0.1) is 6.54 Å². The van der Waals surface area contributed by atoms with Crippen molar-refractivity contribution in [1.82, 2.24) is 9.80 Å². The Balaban J connectivity index is 1.70. The van der Waals surface area contributed by atoms with Gasteiger partial charge in [-0.1, -0.05) is 0 Å². The van der Waals surface area contributed by atoms with Crippen molar-refractivity contribution in [1.29, 1.82) is 0 Å². The molecule has 0 aliphatic carbocycles. The van der Waals surface area contributed by atoms with E-state index >= 15 is 0 Å². The van der Waals surface area contributed by atoms with Gasteiger partial charge in [-0.2, -0.15) is 0 Å². The molecule has 1 fully saturated rings. The summed E-state index contributed by atoms with van der Waals surface area (Å²) in [6.45, 7) is 6.06. The highest BCUT2D eigenvalue weighted by molar-refractivity contribution is 5.92. The summed E-state index contributed by atoms with van der Waals surface area (Å²) in [5.74, 6) is 0.619. The maximum atomic E-state index is 11.2. The zero-order chi connectivity index (χ0) is 15.1. The number of nitrogens with one attached hydrogen (secondary N) is 1. The van der Waals surface area contributed by atoms with Crippen LogP contribution >= 0.6 is 0 Å². The fraction of sp³-hybridized carbons (Fsp3) is 0.533. The van der Waals surface area contributed by atoms with E-state index in [4.69, 9.17) is 10.5 Å². The average Bonchev–Trinajstić information content (AvgIpc) is 2.51. The van der Waals surface area contributed by atoms with E-state index < -0.39 is 0 Å². The van der Waals surface area contributed by atoms with Crippen LogP contribution in [0.15, 0.2) is 24.3 Å². The molecule has 0 atom stereocenters. The first kappa shape index (κ1) is 15.8. The molecule has 21 heavy (non-hydrogen) atoms. The van der Waals surface area contributed by atoms with Crippen molar-refractivity contribution >= 4 is 11.6 Å². The number of nitrogens with zero attached hydrogens (tertiary/aromatic N) is 2. The van der Waals surface area contributed by atoms with Crippen LogP contribution in [0.25, 0.3) is 0 Å². The number of ether oxygens (including phenoxy) is 1. The smallest absolute Gasteiger partial charge is 0.238 e. The number of anilines is 1. The van der Waals surface area contributed by atoms with Crippen LogP contribution in [-0.2, 0) is 4.79 Å². The number of nitrogens with two attached hydrogens (primary N) is 1. The quantitative estimate of drug-likeness (QED) is 0.784. The van der Waals surface area contributed by atoms with E-state index in [1.165, 1.54) is 0 Å². The van der Waals surface area contributed by atoms with Gasteiger partial charge in [0.1, 0.15) is 12.4 Å². The highest BCUT2D eigenvalue weighted by Crippen LogP contribution is 2.15. The molecule has 1 saturated heterocycles. The minimum absolute atomic E-state index is 0.0106. The molecule has 1 aromatic rings. The van der Waals surface area contributed by atoms with Crippen molar-refractivity contribution < 1.29 is 9.53 Å². The first-order valence-electron chi connectivity index (χ1n) is 7.31. The Bertz CT molecular complexity index is 441. The molecule has 0 aromatic heterocycles. The fourth-order valence-corrected chi connectivity index (χ4v) is 2.21. The number of carbonyl (C=O) groups excluding carboxylic acids is 1. The summed E-state index contributed by atoms with van der Waals surface area (Å²) in [5, 5.41) is 2.70. The summed E-state index contributed by atoms with van der Waals surface area (Å²) < 4.78 is 5.73. The van der Waals surface area contributed by atoms with Crippen LogP contribution in [-0.4, -0.2) is 68.6 Å². The minimum atomic E-state index is -0.196. The lowest BCUT2D eigenvalue weighted by Gasteiger charge is -2.32. The number of carbonyl (C=O) groups is 1. The van der Waals surface area contributed by atoms with E-state index in [2.05, 4.69) is 22.2 Å². The third-order valence-corrected chi connectivity index (χ3v) is 3.60. The predicted octanol–water partition coefficient (Wildman–Crippen LogP) is 0.210. The second-order valence-electron chi connectivity index (χ2n) is 5.27. The molecule has 6 nitrogen and oxygen atoms in total. The van der Waals surface area contributed by atoms with Gasteiger partial charge < -0.3 is 20.7 Å². The Labute approximate surface area is 125 Å². The van der Waals surface area contributed by atoms with Crippen LogP contribution in [0.1, 0.15) is 0 Å². The molecule has 0 radical (unpaired) electrons. The number of hydrogen-bond acceptors (Lipinski definition) is 5. The van der Waals surface area contributed by atoms with Crippen molar-refractivity contribution in [3.05, 3.63) is 24.3 Å². The molecular weight excluding hydrogens is 268 g/mol. The summed E-state index contributed by atoms with van der Waals surface area (Å²) in [6.07, 6.45) is 0. The summed E-state index contributed by atoms with van der Waals surface area (Å²) >= 11 is 0. The molecule has 1 heterocycles. The Morgan fingerprint density at radius 1 is 1.24 bits per heavy atom. The van der Waals surface area contributed by atoms with Crippen molar-refractivity contribution in [2.24, 2.45) is 5.73 Å². The second-order valence-corrected chi connectivity index (χ2v) is 5.27. The molecule has 0 bridgehead atoms. The average molecular weight is 292 g/mol. The maximum absolute atomic E-state index is 11.2. The number of likely N-dealkylation sites (N-methyl/N-ethyl adjacent to an activating group) is 1. The molecule has 1 aliphatic rings. The Morgan fingerprint density at radius 2 is 1.90 bits per heavy atom. The number of amides is 1. The molecule has 0 spiro atoms. The first-order chi connectivity index (χ1) is 10.2. The molecular formula is C15H24N4O2. The molecule has 116 valence electrons. The van der Waals surface area contributed by atoms with Crippen molar-refractivity contribution in [3.63, 3.8) is 0 Å². The molecule has 2 rings (SSSR count). The van der Waals surface area contributed by atoms with Crippen LogP contribution in [0.5, 0.6) is 5.75 Å². The highest BCUT2D eigenvalue weighted by atomic mass is 16.5. The van der Waals surface area contributed by atoms with Crippen LogP contribution in [0, 0.1) is 0 Å². The lowest BCUT2D eigenvalue weighted by Crippen LogP contribution is -2.45. The zero-order valence-corrected chi connectivity index (χ0v) is 12.5. The number of hydrogen-bond donors (Lipinski definition) is 2. The Morgan fingerprint density at radius 3 is 2.52 bits per heavy atom. The SMILES string of the molecule is CN1CCN(CCOc2ccc(NC(=O)CN)cc2)CC1. The lowest BCUT2D eigenvalue weighted by molar-refractivity contribution is -0.114. The van der Waals surface area contributed by atoms with Gasteiger partial charge in [-0.3, -0.25) is 9.69 Å². The summed E-state index contributed by atoms with van der Waals surface area (Å²) in [4.78, 5) is 15.9. The molecule has 0 unspecified atom stereocenters. The van der Waals surface area contributed by atoms with Gasteiger partial charge in [-0.15, -0.1) is 0 Å². The van der Waals surface area contributed by atoms with Gasteiger partial charge in [-0.05, 0) is 31.3 Å². The first-order valence-corrected chi connectivity index (χ1v) is 7.31. The summed E-state index contributed by atoms with van der Waals surface area (Å²) in [7, 11) is 2.15. The Kier molecular flexibility index (Phi) is 5.98. The number of piperazine rings is 1. The van der Waals surface area contributed by atoms with E-state index in [0.29, 0.717) is 6.61 Å². The van der Waals surface area contributed by atoms with E-state index in [9.17, 15) is 4.79 Å². The van der Waals surface area contributed by atoms with E-state index in [1.807, 2.05) is 24.3 Å². The molecule has 6 heteroatoms. The van der Waals surface area contributed by atoms with E-state index in [1.54, 1.807) is 0 Å². The normalized spacial score (nSPS) is 16.7. The molecule has 1 aromatic carbocycles. The summed E-state index contributed by atoms with van der Waals surface area (Å²) in [6, 6.07) is 7.35. The highest BCUT2D eigenvalue weighted by Gasteiger charge is 2.13. The van der Waals surface area contributed by atoms with E-state index in [-0.39, 0.29) is 12.5 Å². The van der Waals surface area contributed by atoms with Gasteiger partial charge in [0.25, 0.3) is 0 Å². The van der Waals surface area contributed by atoms with Gasteiger partial charge in [-0.25, -0.2) is 0 Å². The standard InChI is InChI=1S/C15H24N4O2/c1-18-6-8-19(9-7-18)10-11-21-14-4-2-13(3-5-14)17-15(20)12-16/h2-5H,6-12,16H2,1H3,(H,17,20). The molecule has 3 N–H and O–H groups in total. The number of rotatable bonds is 6. The fourth-order valence-electron chi connectivity index (χ4n) is 2.21. The van der Waals surface area contributed by atoms with Gasteiger partial charge in [0, 0.05) is 38.4 Å². The van der Waals surface area contributed by atoms with Crippen LogP contribution in [0.4, 0.5) is 5.69 Å². The van der Waals surface area contributed by atoms with Crippen LogP contribution in [0.3, 0.4) is 0 Å². The summed E-state index contributed by atoms with van der Waals surface area (Å²) in [5.41, 5.74) is 5.98. The third-order valence-electron chi connectivity index (χ3n) is 3.60. The zero-order valence-electron chi connectivity index (χ0n) is 12.5. The van der Waals surface area contributed by atoms with Crippen molar-refractivity contribution in [2.45, 2.75) is 0 Å². The third kappa shape index (κ3) is 5.34. The topological polar surface area (TPSA) is 70.8 Å². The van der Waals surface area contributed by atoms with Gasteiger partial charge in [0.15, 0.2) is 0 Å². The maximum Gasteiger partial charge on any atom is 0.238 e. The molecule has 0 saturated carbocycles. The molecule has 1 aliphatic heterocycles. The van der Waals surface area contributed by atoms with Crippen LogP contribution < -0.4 is 15.8 Å². The predicted molar refractivity (Wildman–Crippen MR) is 83.6 cm³/mol. The van der Waals surface area contributed by atoms with Gasteiger partial charge >= 0.3 is 0 Å². The lowest BCUT2D eigenvalue weighted by atomic mass is 10.3. The Hall–Kier alpha value is -1.63. The van der Waals surface area contributed by atoms with Crippen LogP contribution in [0.2, 0.25) is 0 Å².